The van der Waals surface area contributed by atoms with E-state index in [2.05, 4.69) is 26.6 Å². The van der Waals surface area contributed by atoms with E-state index < -0.39 is 89.8 Å². The van der Waals surface area contributed by atoms with E-state index in [1.54, 1.807) is 77.9 Å². The van der Waals surface area contributed by atoms with Gasteiger partial charge in [0.15, 0.2) is 0 Å². The molecule has 0 fully saturated rings. The number of hydrogen-bond donors (Lipinski definition) is 10. The molecule has 6 atom stereocenters. The van der Waals surface area contributed by atoms with Crippen LogP contribution in [0.3, 0.4) is 0 Å². The first-order chi connectivity index (χ1) is 28.5. The number of phenolic OH excluding ortho intramolecular Hbond substituents is 1. The van der Waals surface area contributed by atoms with E-state index in [0.717, 1.165) is 4.90 Å². The first-order valence-electron chi connectivity index (χ1n) is 20.3. The maximum absolute atomic E-state index is 14.5. The maximum Gasteiger partial charge on any atom is 0.408 e. The number of benzene rings is 2. The number of nitrogens with one attached hydrogen (secondary N) is 5. The summed E-state index contributed by atoms with van der Waals surface area (Å²) in [5.41, 5.74) is 11.8. The topological polar surface area (TPSA) is 297 Å². The summed E-state index contributed by atoms with van der Waals surface area (Å²) in [4.78, 5) is 81.8. The maximum atomic E-state index is 14.5. The second-order valence-electron chi connectivity index (χ2n) is 17.1. The largest absolute Gasteiger partial charge is 0.508 e. The van der Waals surface area contributed by atoms with Crippen molar-refractivity contribution in [2.24, 2.45) is 11.5 Å². The minimum Gasteiger partial charge on any atom is -0.508 e. The first kappa shape index (κ1) is 49.9. The van der Waals surface area contributed by atoms with Crippen molar-refractivity contribution in [1.82, 2.24) is 31.5 Å². The van der Waals surface area contributed by atoms with E-state index in [1.165, 1.54) is 13.1 Å². The molecule has 6 amide bonds. The van der Waals surface area contributed by atoms with Gasteiger partial charge in [0.1, 0.15) is 35.1 Å². The number of ether oxygens (including phenoxy) is 2. The first-order valence-corrected chi connectivity index (χ1v) is 20.3. The monoisotopic (exact) mass is 856 g/mol. The molecule has 3 rings (SSSR count). The van der Waals surface area contributed by atoms with Gasteiger partial charge in [-0.1, -0.05) is 30.3 Å². The molecule has 0 radical (unpaired) electrons. The standard InChI is InChI=1S/C42H64N8O11/c1-41(2,3)60-39(58)47-21-28(51)20-32-38(57)50(7)33(37(56)46-23-29(52)22-45-35(54)30(44)12-9-15-43)17-24-10-8-11-25(16-24)26-13-14-34(53)27(18-26)19-31(36(55)48-32)49-40(59)61-42(4,5)6/h8,10-11,13-14,16,18,28-33,51-53H,9,12,15,17,19-23,43-44H2,1-7H3,(H,45,54)(H,46,56)(H,47,58)(H,48,55)(H,49,59)/t28-,29?,30+,31+,32+,33+/m1/s1. The normalized spacial score (nSPS) is 18.9. The van der Waals surface area contributed by atoms with Crippen LogP contribution < -0.4 is 38.1 Å². The Kier molecular flexibility index (Phi) is 18.3. The Labute approximate surface area is 356 Å². The molecule has 61 heavy (non-hydrogen) atoms. The molecule has 0 aromatic heterocycles. The minimum absolute atomic E-state index is 0.0536. The number of hydrogen-bond acceptors (Lipinski definition) is 13. The van der Waals surface area contributed by atoms with E-state index in [1.807, 2.05) is 0 Å². The molecule has 1 heterocycles. The van der Waals surface area contributed by atoms with Crippen LogP contribution in [0.5, 0.6) is 5.75 Å². The lowest BCUT2D eigenvalue weighted by Gasteiger charge is -2.33. The number of likely N-dealkylation sites (N-methyl/N-ethyl adjacent to an activating group) is 1. The van der Waals surface area contributed by atoms with Crippen molar-refractivity contribution in [3.63, 3.8) is 0 Å². The number of carbonyl (C=O) groups excluding carboxylic acids is 6. The number of nitrogens with zero attached hydrogens (tertiary/aromatic N) is 1. The van der Waals surface area contributed by atoms with Crippen molar-refractivity contribution in [2.75, 3.05) is 33.2 Å². The molecule has 19 heteroatoms. The zero-order valence-electron chi connectivity index (χ0n) is 36.1. The summed E-state index contributed by atoms with van der Waals surface area (Å²) >= 11 is 0. The third kappa shape index (κ3) is 16.8. The predicted octanol–water partition coefficient (Wildman–Crippen LogP) is 0.298. The van der Waals surface area contributed by atoms with Crippen LogP contribution in [0.1, 0.15) is 71.9 Å². The van der Waals surface area contributed by atoms with Crippen molar-refractivity contribution in [2.45, 2.75) is 121 Å². The summed E-state index contributed by atoms with van der Waals surface area (Å²) in [7, 11) is 1.34. The van der Waals surface area contributed by atoms with Crippen LogP contribution in [0, 0.1) is 0 Å². The SMILES string of the molecule is CN1C(=O)[C@H](C[C@@H](O)CNC(=O)OC(C)(C)C)NC(=O)[C@@H](NC(=O)OC(C)(C)C)Cc2cc(ccc2O)-c2cccc(c2)C[C@H]1C(=O)NCC(O)CNC(=O)[C@@H](N)CCCN. The quantitative estimate of drug-likeness (QED) is 0.123. The fourth-order valence-corrected chi connectivity index (χ4v) is 6.30. The van der Waals surface area contributed by atoms with Gasteiger partial charge in [0.25, 0.3) is 0 Å². The molecule has 19 nitrogen and oxygen atoms in total. The molecule has 2 aromatic carbocycles. The number of aromatic hydroxyl groups is 1. The van der Waals surface area contributed by atoms with Gasteiger partial charge < -0.3 is 67.7 Å². The molecule has 1 unspecified atom stereocenters. The third-order valence-corrected chi connectivity index (χ3v) is 9.40. The lowest BCUT2D eigenvalue weighted by Crippen LogP contribution is -2.59. The number of aliphatic hydroxyl groups excluding tert-OH is 2. The van der Waals surface area contributed by atoms with Gasteiger partial charge in [-0.05, 0) is 95.3 Å². The molecule has 338 valence electrons. The highest BCUT2D eigenvalue weighted by Gasteiger charge is 2.36. The van der Waals surface area contributed by atoms with Crippen LogP contribution in [0.2, 0.25) is 0 Å². The number of phenols is 1. The highest BCUT2D eigenvalue weighted by molar-refractivity contribution is 5.94. The van der Waals surface area contributed by atoms with Crippen LogP contribution in [-0.2, 0) is 41.5 Å². The van der Waals surface area contributed by atoms with Crippen LogP contribution in [-0.4, -0.2) is 137 Å². The Morgan fingerprint density at radius 1 is 0.869 bits per heavy atom. The fourth-order valence-electron chi connectivity index (χ4n) is 6.30. The highest BCUT2D eigenvalue weighted by Crippen LogP contribution is 2.29. The predicted molar refractivity (Wildman–Crippen MR) is 226 cm³/mol. The number of alkyl carbamates (subject to hydrolysis) is 2. The molecule has 12 N–H and O–H groups in total. The molecule has 1 aliphatic heterocycles. The summed E-state index contributed by atoms with van der Waals surface area (Å²) in [6.45, 7) is 9.31. The van der Waals surface area contributed by atoms with Gasteiger partial charge in [0, 0.05) is 45.9 Å². The lowest BCUT2D eigenvalue weighted by molar-refractivity contribution is -0.142. The number of fused-ring (bicyclic) bond motifs is 5. The van der Waals surface area contributed by atoms with Crippen LogP contribution in [0.4, 0.5) is 9.59 Å². The summed E-state index contributed by atoms with van der Waals surface area (Å²) in [6, 6.07) is 6.82. The number of nitrogens with two attached hydrogens (primary N) is 2. The van der Waals surface area contributed by atoms with E-state index in [-0.39, 0.29) is 43.8 Å². The van der Waals surface area contributed by atoms with Gasteiger partial charge >= 0.3 is 12.2 Å². The average Bonchev–Trinajstić information content (AvgIpc) is 3.17. The van der Waals surface area contributed by atoms with E-state index in [0.29, 0.717) is 36.1 Å². The lowest BCUT2D eigenvalue weighted by atomic mass is 9.95. The number of rotatable bonds is 14. The number of carbonyl (C=O) groups is 6. The summed E-state index contributed by atoms with van der Waals surface area (Å²) in [5.74, 6) is -3.07. The zero-order chi connectivity index (χ0) is 45.7. The molecule has 0 aliphatic carbocycles. The molecule has 1 aliphatic rings. The molecule has 0 saturated carbocycles. The van der Waals surface area contributed by atoms with Gasteiger partial charge in [-0.15, -0.1) is 0 Å². The van der Waals surface area contributed by atoms with Gasteiger partial charge in [0.05, 0.1) is 18.2 Å². The van der Waals surface area contributed by atoms with E-state index in [9.17, 15) is 44.1 Å². The van der Waals surface area contributed by atoms with Crippen molar-refractivity contribution in [1.29, 1.82) is 0 Å². The van der Waals surface area contributed by atoms with Crippen molar-refractivity contribution in [3.8, 4) is 16.9 Å². The van der Waals surface area contributed by atoms with E-state index in [4.69, 9.17) is 20.9 Å². The number of aliphatic hydroxyl groups is 2. The van der Waals surface area contributed by atoms with Crippen molar-refractivity contribution >= 4 is 35.8 Å². The Morgan fingerprint density at radius 3 is 2.15 bits per heavy atom. The fraction of sp³-hybridized carbons (Fsp3) is 0.571. The Morgan fingerprint density at radius 2 is 1.49 bits per heavy atom. The van der Waals surface area contributed by atoms with Gasteiger partial charge in [-0.3, -0.25) is 19.2 Å². The van der Waals surface area contributed by atoms with Gasteiger partial charge in [-0.2, -0.15) is 0 Å². The molecule has 2 aromatic rings. The second kappa shape index (κ2) is 22.4. The van der Waals surface area contributed by atoms with Crippen LogP contribution in [0.25, 0.3) is 11.1 Å². The molecule has 0 spiro atoms. The van der Waals surface area contributed by atoms with Gasteiger partial charge in [-0.25, -0.2) is 9.59 Å². The molecule has 4 bridgehead atoms. The highest BCUT2D eigenvalue weighted by atomic mass is 16.6. The molecule has 0 saturated heterocycles. The third-order valence-electron chi connectivity index (χ3n) is 9.40. The Bertz CT molecular complexity index is 1850. The second-order valence-corrected chi connectivity index (χ2v) is 17.1. The zero-order valence-corrected chi connectivity index (χ0v) is 36.1. The number of amides is 6. The average molecular weight is 857 g/mol. The van der Waals surface area contributed by atoms with Crippen molar-refractivity contribution in [3.05, 3.63) is 53.6 Å². The summed E-state index contributed by atoms with van der Waals surface area (Å²) in [5, 5.41) is 45.5. The van der Waals surface area contributed by atoms with Gasteiger partial charge in [0.2, 0.25) is 23.6 Å². The van der Waals surface area contributed by atoms with Crippen molar-refractivity contribution < 1.29 is 53.6 Å². The molecular weight excluding hydrogens is 793 g/mol. The van der Waals surface area contributed by atoms with Crippen LogP contribution in [0.15, 0.2) is 42.5 Å². The summed E-state index contributed by atoms with van der Waals surface area (Å²) in [6.07, 6.45) is -4.35. The van der Waals surface area contributed by atoms with E-state index >= 15 is 0 Å². The smallest absolute Gasteiger partial charge is 0.408 e. The molecular formula is C42H64N8O11. The summed E-state index contributed by atoms with van der Waals surface area (Å²) < 4.78 is 10.7. The van der Waals surface area contributed by atoms with Crippen LogP contribution >= 0.6 is 0 Å². The Balaban J connectivity index is 2.04. The minimum atomic E-state index is -1.55. The Hall–Kier alpha value is -5.50.